The molecule has 94 valence electrons. The zero-order chi connectivity index (χ0) is 12.7. The molecule has 0 saturated carbocycles. The van der Waals surface area contributed by atoms with Crippen molar-refractivity contribution in [2.75, 3.05) is 27.3 Å². The molecule has 0 saturated heterocycles. The summed E-state index contributed by atoms with van der Waals surface area (Å²) in [4.78, 5) is 17.2. The van der Waals surface area contributed by atoms with Crippen LogP contribution >= 0.6 is 0 Å². The van der Waals surface area contributed by atoms with Gasteiger partial charge in [-0.2, -0.15) is 0 Å². The normalized spacial score (nSPS) is 10.1. The largest absolute Gasteiger partial charge is 0.495 e. The zero-order valence-electron chi connectivity index (χ0n) is 10.2. The van der Waals surface area contributed by atoms with E-state index in [0.29, 0.717) is 25.1 Å². The van der Waals surface area contributed by atoms with Crippen LogP contribution in [0.15, 0.2) is 18.5 Å². The van der Waals surface area contributed by atoms with Crippen molar-refractivity contribution in [2.24, 2.45) is 0 Å². The lowest BCUT2D eigenvalue weighted by molar-refractivity contribution is -0.130. The molecular weight excluding hydrogens is 220 g/mol. The number of rotatable bonds is 6. The maximum absolute atomic E-state index is 11.6. The van der Waals surface area contributed by atoms with E-state index in [4.69, 9.17) is 9.84 Å². The third-order valence-corrected chi connectivity index (χ3v) is 2.49. The van der Waals surface area contributed by atoms with Crippen LogP contribution in [0, 0.1) is 0 Å². The molecule has 0 aliphatic heterocycles. The van der Waals surface area contributed by atoms with Gasteiger partial charge in [0.05, 0.1) is 19.9 Å². The Hall–Kier alpha value is -1.62. The van der Waals surface area contributed by atoms with Crippen LogP contribution in [0.3, 0.4) is 0 Å². The summed E-state index contributed by atoms with van der Waals surface area (Å²) < 4.78 is 5.06. The van der Waals surface area contributed by atoms with Gasteiger partial charge in [0.25, 0.3) is 0 Å². The van der Waals surface area contributed by atoms with Gasteiger partial charge in [0, 0.05) is 26.2 Å². The van der Waals surface area contributed by atoms with Crippen molar-refractivity contribution in [1.82, 2.24) is 9.88 Å². The molecule has 17 heavy (non-hydrogen) atoms. The third kappa shape index (κ3) is 4.40. The lowest BCUT2D eigenvalue weighted by Crippen LogP contribution is -2.29. The summed E-state index contributed by atoms with van der Waals surface area (Å²) in [6.07, 6.45) is 4.38. The molecule has 1 N–H and O–H groups in total. The highest BCUT2D eigenvalue weighted by molar-refractivity contribution is 5.76. The number of likely N-dealkylation sites (N-methyl/N-ethyl adjacent to an activating group) is 1. The van der Waals surface area contributed by atoms with E-state index in [1.165, 1.54) is 4.90 Å². The minimum Gasteiger partial charge on any atom is -0.495 e. The Kier molecular flexibility index (Phi) is 5.42. The van der Waals surface area contributed by atoms with Crippen LogP contribution in [-0.4, -0.2) is 48.2 Å². The predicted octanol–water partition coefficient (Wildman–Crippen LogP) is 0.473. The fourth-order valence-corrected chi connectivity index (χ4v) is 1.43. The smallest absolute Gasteiger partial charge is 0.222 e. The van der Waals surface area contributed by atoms with Crippen molar-refractivity contribution in [1.29, 1.82) is 0 Å². The molecule has 1 amide bonds. The Morgan fingerprint density at radius 1 is 1.53 bits per heavy atom. The summed E-state index contributed by atoms with van der Waals surface area (Å²) in [5.74, 6) is 0.709. The number of nitrogens with zero attached hydrogens (tertiary/aromatic N) is 2. The molecule has 0 fully saturated rings. The van der Waals surface area contributed by atoms with E-state index < -0.39 is 0 Å². The van der Waals surface area contributed by atoms with E-state index in [9.17, 15) is 4.79 Å². The van der Waals surface area contributed by atoms with Crippen LogP contribution in [0.4, 0.5) is 0 Å². The topological polar surface area (TPSA) is 62.7 Å². The van der Waals surface area contributed by atoms with E-state index in [2.05, 4.69) is 4.98 Å². The molecule has 5 nitrogen and oxygen atoms in total. The first kappa shape index (κ1) is 13.4. The molecule has 0 radical (unpaired) electrons. The van der Waals surface area contributed by atoms with Gasteiger partial charge in [-0.1, -0.05) is 0 Å². The summed E-state index contributed by atoms with van der Waals surface area (Å²) in [7, 11) is 3.27. The number of methoxy groups -OCH3 is 1. The molecule has 5 heteroatoms. The number of hydrogen-bond acceptors (Lipinski definition) is 4. The van der Waals surface area contributed by atoms with Gasteiger partial charge >= 0.3 is 0 Å². The fourth-order valence-electron chi connectivity index (χ4n) is 1.43. The van der Waals surface area contributed by atoms with Crippen molar-refractivity contribution < 1.29 is 14.6 Å². The second-order valence-corrected chi connectivity index (χ2v) is 3.77. The van der Waals surface area contributed by atoms with Crippen LogP contribution in [-0.2, 0) is 11.2 Å². The van der Waals surface area contributed by atoms with Gasteiger partial charge in [-0.25, -0.2) is 0 Å². The summed E-state index contributed by atoms with van der Waals surface area (Å²) in [5.41, 5.74) is 0.968. The molecule has 0 aromatic carbocycles. The number of aliphatic hydroxyl groups is 1. The summed E-state index contributed by atoms with van der Waals surface area (Å²) >= 11 is 0. The standard InChI is InChI=1S/C12H18N2O3/c1-14(5-6-15)12(16)4-3-10-7-11(17-2)9-13-8-10/h7-9,15H,3-6H2,1-2H3. The van der Waals surface area contributed by atoms with E-state index in [1.54, 1.807) is 26.6 Å². The van der Waals surface area contributed by atoms with Crippen molar-refractivity contribution >= 4 is 5.91 Å². The van der Waals surface area contributed by atoms with Gasteiger partial charge in [-0.3, -0.25) is 9.78 Å². The minimum atomic E-state index is -0.0110. The monoisotopic (exact) mass is 238 g/mol. The summed E-state index contributed by atoms with van der Waals surface area (Å²) in [6, 6.07) is 1.87. The van der Waals surface area contributed by atoms with Crippen molar-refractivity contribution in [3.63, 3.8) is 0 Å². The van der Waals surface area contributed by atoms with Crippen molar-refractivity contribution in [3.8, 4) is 5.75 Å². The second kappa shape index (κ2) is 6.85. The van der Waals surface area contributed by atoms with Gasteiger partial charge in [0.1, 0.15) is 5.75 Å². The molecule has 0 atom stereocenters. The Bertz CT molecular complexity index is 369. The van der Waals surface area contributed by atoms with Crippen LogP contribution in [0.1, 0.15) is 12.0 Å². The van der Waals surface area contributed by atoms with Crippen LogP contribution in [0.2, 0.25) is 0 Å². The molecule has 0 bridgehead atoms. The highest BCUT2D eigenvalue weighted by Crippen LogP contribution is 2.12. The van der Waals surface area contributed by atoms with Gasteiger partial charge < -0.3 is 14.7 Å². The number of aryl methyl sites for hydroxylation is 1. The molecule has 0 aliphatic rings. The highest BCUT2D eigenvalue weighted by atomic mass is 16.5. The third-order valence-electron chi connectivity index (χ3n) is 2.49. The molecule has 0 aliphatic carbocycles. The number of aliphatic hydroxyl groups excluding tert-OH is 1. The molecular formula is C12H18N2O3. The number of carbonyl (C=O) groups excluding carboxylic acids is 1. The van der Waals surface area contributed by atoms with E-state index in [1.807, 2.05) is 6.07 Å². The van der Waals surface area contributed by atoms with Gasteiger partial charge in [-0.05, 0) is 18.1 Å². The van der Waals surface area contributed by atoms with E-state index in [0.717, 1.165) is 5.56 Å². The average Bonchev–Trinajstić information content (AvgIpc) is 2.36. The Balaban J connectivity index is 2.46. The van der Waals surface area contributed by atoms with Crippen LogP contribution in [0.25, 0.3) is 0 Å². The first-order chi connectivity index (χ1) is 8.17. The molecule has 1 heterocycles. The number of carbonyl (C=O) groups is 1. The first-order valence-corrected chi connectivity index (χ1v) is 5.50. The number of aromatic nitrogens is 1. The Labute approximate surface area is 101 Å². The van der Waals surface area contributed by atoms with E-state index in [-0.39, 0.29) is 12.5 Å². The lowest BCUT2D eigenvalue weighted by Gasteiger charge is -2.15. The SMILES string of the molecule is COc1cncc(CCC(=O)N(C)CCO)c1. The predicted molar refractivity (Wildman–Crippen MR) is 63.8 cm³/mol. The molecule has 1 aromatic heterocycles. The lowest BCUT2D eigenvalue weighted by atomic mass is 10.1. The maximum Gasteiger partial charge on any atom is 0.222 e. The van der Waals surface area contributed by atoms with Gasteiger partial charge in [-0.15, -0.1) is 0 Å². The number of pyridine rings is 1. The van der Waals surface area contributed by atoms with Crippen molar-refractivity contribution in [3.05, 3.63) is 24.0 Å². The molecule has 1 rings (SSSR count). The Morgan fingerprint density at radius 3 is 2.94 bits per heavy atom. The minimum absolute atomic E-state index is 0.0110. The van der Waals surface area contributed by atoms with Crippen molar-refractivity contribution in [2.45, 2.75) is 12.8 Å². The number of hydrogen-bond donors (Lipinski definition) is 1. The van der Waals surface area contributed by atoms with E-state index >= 15 is 0 Å². The zero-order valence-corrected chi connectivity index (χ0v) is 10.2. The second-order valence-electron chi connectivity index (χ2n) is 3.77. The summed E-state index contributed by atoms with van der Waals surface area (Å²) in [5, 5.41) is 8.72. The first-order valence-electron chi connectivity index (χ1n) is 5.50. The Morgan fingerprint density at radius 2 is 2.29 bits per heavy atom. The van der Waals surface area contributed by atoms with Gasteiger partial charge in [0.15, 0.2) is 0 Å². The number of ether oxygens (including phenoxy) is 1. The van der Waals surface area contributed by atoms with Gasteiger partial charge in [0.2, 0.25) is 5.91 Å². The highest BCUT2D eigenvalue weighted by Gasteiger charge is 2.08. The summed E-state index contributed by atoms with van der Waals surface area (Å²) in [6.45, 7) is 0.359. The van der Waals surface area contributed by atoms with Crippen LogP contribution < -0.4 is 4.74 Å². The quantitative estimate of drug-likeness (QED) is 0.782. The molecule has 1 aromatic rings. The molecule has 0 spiro atoms. The number of amides is 1. The molecule has 0 unspecified atom stereocenters. The fraction of sp³-hybridized carbons (Fsp3) is 0.500. The van der Waals surface area contributed by atoms with Crippen LogP contribution in [0.5, 0.6) is 5.75 Å². The average molecular weight is 238 g/mol. The maximum atomic E-state index is 11.6.